The largest absolute Gasteiger partial charge is 0.327 e. The number of nitrogens with zero attached hydrogens (tertiary/aromatic N) is 3. The molecule has 3 aromatic rings. The minimum atomic E-state index is -0.625. The SMILES string of the molecule is CC(C)N(CC(=O)Nc1cc(C(C)(C)C)nn1-c1ccccc1Cl)C(=O)c1ccccc1F. The third-order valence-corrected chi connectivity index (χ3v) is 5.45. The Balaban J connectivity index is 1.90. The Morgan fingerprint density at radius 3 is 2.36 bits per heavy atom. The molecule has 174 valence electrons. The Morgan fingerprint density at radius 1 is 1.12 bits per heavy atom. The van der Waals surface area contributed by atoms with Crippen molar-refractivity contribution in [2.45, 2.75) is 46.1 Å². The number of anilines is 1. The van der Waals surface area contributed by atoms with Crippen LogP contribution in [0.5, 0.6) is 0 Å². The van der Waals surface area contributed by atoms with Crippen LogP contribution in [0.3, 0.4) is 0 Å². The predicted octanol–water partition coefficient (Wildman–Crippen LogP) is 5.45. The van der Waals surface area contributed by atoms with Gasteiger partial charge in [0.1, 0.15) is 18.2 Å². The maximum Gasteiger partial charge on any atom is 0.257 e. The van der Waals surface area contributed by atoms with Crippen LogP contribution in [0.25, 0.3) is 5.69 Å². The lowest BCUT2D eigenvalue weighted by Crippen LogP contribution is -2.42. The highest BCUT2D eigenvalue weighted by Crippen LogP contribution is 2.29. The van der Waals surface area contributed by atoms with E-state index in [0.717, 1.165) is 5.69 Å². The van der Waals surface area contributed by atoms with E-state index in [-0.39, 0.29) is 23.6 Å². The minimum absolute atomic E-state index is 0.0740. The van der Waals surface area contributed by atoms with Gasteiger partial charge in [0.15, 0.2) is 0 Å². The Labute approximate surface area is 198 Å². The van der Waals surface area contributed by atoms with Crippen LogP contribution < -0.4 is 5.32 Å². The second-order valence-corrected chi connectivity index (χ2v) is 9.49. The van der Waals surface area contributed by atoms with E-state index in [2.05, 4.69) is 10.4 Å². The molecule has 0 aliphatic rings. The van der Waals surface area contributed by atoms with Crippen molar-refractivity contribution in [2.24, 2.45) is 0 Å². The highest BCUT2D eigenvalue weighted by atomic mass is 35.5. The summed E-state index contributed by atoms with van der Waals surface area (Å²) in [5.74, 6) is -1.17. The Kier molecular flexibility index (Phi) is 7.22. The predicted molar refractivity (Wildman–Crippen MR) is 128 cm³/mol. The van der Waals surface area contributed by atoms with Crippen LogP contribution in [0, 0.1) is 5.82 Å². The molecule has 0 atom stereocenters. The first-order valence-corrected chi connectivity index (χ1v) is 11.1. The van der Waals surface area contributed by atoms with Gasteiger partial charge in [-0.15, -0.1) is 0 Å². The number of aromatic nitrogens is 2. The van der Waals surface area contributed by atoms with Crippen LogP contribution >= 0.6 is 11.6 Å². The van der Waals surface area contributed by atoms with Crippen LogP contribution in [0.4, 0.5) is 10.2 Å². The number of carbonyl (C=O) groups is 2. The zero-order chi connectivity index (χ0) is 24.3. The van der Waals surface area contributed by atoms with Crippen LogP contribution in [-0.4, -0.2) is 39.1 Å². The molecule has 0 fully saturated rings. The summed E-state index contributed by atoms with van der Waals surface area (Å²) in [5.41, 5.74) is 1.04. The molecule has 1 aromatic heterocycles. The van der Waals surface area contributed by atoms with Crippen molar-refractivity contribution in [3.05, 3.63) is 76.7 Å². The summed E-state index contributed by atoms with van der Waals surface area (Å²) in [6, 6.07) is 14.4. The number of rotatable bonds is 6. The van der Waals surface area contributed by atoms with Crippen molar-refractivity contribution >= 4 is 29.2 Å². The van der Waals surface area contributed by atoms with E-state index in [1.165, 1.54) is 23.1 Å². The van der Waals surface area contributed by atoms with Crippen molar-refractivity contribution < 1.29 is 14.0 Å². The number of carbonyl (C=O) groups excluding carboxylic acids is 2. The van der Waals surface area contributed by atoms with E-state index < -0.39 is 17.6 Å². The van der Waals surface area contributed by atoms with Crippen LogP contribution in [0.15, 0.2) is 54.6 Å². The molecule has 3 rings (SSSR count). The van der Waals surface area contributed by atoms with Crippen molar-refractivity contribution in [1.29, 1.82) is 0 Å². The second kappa shape index (κ2) is 9.75. The molecule has 0 spiro atoms. The number of hydrogen-bond acceptors (Lipinski definition) is 3. The monoisotopic (exact) mass is 470 g/mol. The van der Waals surface area contributed by atoms with Gasteiger partial charge in [-0.05, 0) is 38.1 Å². The first-order valence-electron chi connectivity index (χ1n) is 10.7. The molecule has 8 heteroatoms. The molecule has 0 radical (unpaired) electrons. The average molecular weight is 471 g/mol. The zero-order valence-corrected chi connectivity index (χ0v) is 20.2. The molecule has 33 heavy (non-hydrogen) atoms. The van der Waals surface area contributed by atoms with Gasteiger partial charge in [-0.3, -0.25) is 9.59 Å². The van der Waals surface area contributed by atoms with Gasteiger partial charge in [0.05, 0.1) is 22.0 Å². The molecule has 0 bridgehead atoms. The standard InChI is InChI=1S/C25H28ClFN4O2/c1-16(2)30(24(33)17-10-6-8-12-19(17)27)15-23(32)28-22-14-21(25(3,4)5)29-31(22)20-13-9-7-11-18(20)26/h6-14,16H,15H2,1-5H3,(H,28,32). The fourth-order valence-electron chi connectivity index (χ4n) is 3.26. The van der Waals surface area contributed by atoms with Crippen molar-refractivity contribution in [2.75, 3.05) is 11.9 Å². The van der Waals surface area contributed by atoms with Crippen LogP contribution in [0.1, 0.15) is 50.7 Å². The summed E-state index contributed by atoms with van der Waals surface area (Å²) < 4.78 is 15.8. The van der Waals surface area contributed by atoms with Crippen LogP contribution in [-0.2, 0) is 10.2 Å². The van der Waals surface area contributed by atoms with Crippen molar-refractivity contribution in [1.82, 2.24) is 14.7 Å². The van der Waals surface area contributed by atoms with E-state index >= 15 is 0 Å². The first-order chi connectivity index (χ1) is 15.5. The van der Waals surface area contributed by atoms with Crippen molar-refractivity contribution in [3.63, 3.8) is 0 Å². The van der Waals surface area contributed by atoms with Gasteiger partial charge in [0.2, 0.25) is 5.91 Å². The average Bonchev–Trinajstić information content (AvgIpc) is 3.16. The molecule has 1 N–H and O–H groups in total. The van der Waals surface area contributed by atoms with E-state index in [9.17, 15) is 14.0 Å². The maximum atomic E-state index is 14.2. The summed E-state index contributed by atoms with van der Waals surface area (Å²) in [6.07, 6.45) is 0. The summed E-state index contributed by atoms with van der Waals surface area (Å²) >= 11 is 6.38. The molecular weight excluding hydrogens is 443 g/mol. The van der Waals surface area contributed by atoms with Gasteiger partial charge < -0.3 is 10.2 Å². The molecule has 6 nitrogen and oxygen atoms in total. The van der Waals surface area contributed by atoms with Crippen LogP contribution in [0.2, 0.25) is 5.02 Å². The number of benzene rings is 2. The second-order valence-electron chi connectivity index (χ2n) is 9.08. The smallest absolute Gasteiger partial charge is 0.257 e. The fraction of sp³-hybridized carbons (Fsp3) is 0.320. The van der Waals surface area contributed by atoms with E-state index in [1.807, 2.05) is 32.9 Å². The third kappa shape index (κ3) is 5.60. The molecule has 0 unspecified atom stereocenters. The number of amides is 2. The Hall–Kier alpha value is -3.19. The van der Waals surface area contributed by atoms with E-state index in [0.29, 0.717) is 16.5 Å². The summed E-state index contributed by atoms with van der Waals surface area (Å²) in [6.45, 7) is 9.36. The summed E-state index contributed by atoms with van der Waals surface area (Å²) in [7, 11) is 0. The minimum Gasteiger partial charge on any atom is -0.327 e. The number of halogens is 2. The van der Waals surface area contributed by atoms with Crippen molar-refractivity contribution in [3.8, 4) is 5.69 Å². The van der Waals surface area contributed by atoms with Gasteiger partial charge >= 0.3 is 0 Å². The Morgan fingerprint density at radius 2 is 1.76 bits per heavy atom. The van der Waals surface area contributed by atoms with Gasteiger partial charge in [-0.1, -0.05) is 56.6 Å². The molecule has 0 aliphatic carbocycles. The third-order valence-electron chi connectivity index (χ3n) is 5.13. The quantitative estimate of drug-likeness (QED) is 0.520. The summed E-state index contributed by atoms with van der Waals surface area (Å²) in [5, 5.41) is 7.99. The fourth-order valence-corrected chi connectivity index (χ4v) is 3.47. The molecule has 1 heterocycles. The number of nitrogens with one attached hydrogen (secondary N) is 1. The highest BCUT2D eigenvalue weighted by Gasteiger charge is 2.26. The highest BCUT2D eigenvalue weighted by molar-refractivity contribution is 6.32. The zero-order valence-electron chi connectivity index (χ0n) is 19.4. The lowest BCUT2D eigenvalue weighted by Gasteiger charge is -2.26. The topological polar surface area (TPSA) is 67.2 Å². The van der Waals surface area contributed by atoms with Gasteiger partial charge in [-0.25, -0.2) is 9.07 Å². The molecule has 2 amide bonds. The molecular formula is C25H28ClFN4O2. The maximum absolute atomic E-state index is 14.2. The number of hydrogen-bond donors (Lipinski definition) is 1. The first kappa shape index (κ1) is 24.5. The molecule has 0 saturated heterocycles. The van der Waals surface area contributed by atoms with Gasteiger partial charge in [0.25, 0.3) is 5.91 Å². The summed E-state index contributed by atoms with van der Waals surface area (Å²) in [4.78, 5) is 27.3. The molecule has 0 aliphatic heterocycles. The van der Waals surface area contributed by atoms with Gasteiger partial charge in [-0.2, -0.15) is 5.10 Å². The normalized spacial score (nSPS) is 11.5. The van der Waals surface area contributed by atoms with Gasteiger partial charge in [0, 0.05) is 17.5 Å². The van der Waals surface area contributed by atoms with E-state index in [4.69, 9.17) is 11.6 Å². The van der Waals surface area contributed by atoms with E-state index in [1.54, 1.807) is 42.8 Å². The lowest BCUT2D eigenvalue weighted by molar-refractivity contribution is -0.117. The lowest BCUT2D eigenvalue weighted by atomic mass is 9.92. The Bertz CT molecular complexity index is 1170. The number of para-hydroxylation sites is 1. The molecule has 2 aromatic carbocycles. The molecule has 0 saturated carbocycles.